The molecule has 3 aromatic carbocycles. The molecule has 0 aromatic heterocycles. The highest BCUT2D eigenvalue weighted by atomic mass is 35.5. The minimum absolute atomic E-state index is 0.0584. The van der Waals surface area contributed by atoms with Gasteiger partial charge in [-0.05, 0) is 54.4 Å². The largest absolute Gasteiger partial charge is 0.496 e. The molecule has 1 N–H and O–H groups in total. The molecule has 0 saturated carbocycles. The van der Waals surface area contributed by atoms with Crippen molar-refractivity contribution in [1.82, 2.24) is 4.90 Å². The molecule has 4 rings (SSSR count). The molecule has 3 aromatic rings. The van der Waals surface area contributed by atoms with Gasteiger partial charge in [-0.15, -0.1) is 0 Å². The van der Waals surface area contributed by atoms with Gasteiger partial charge in [-0.1, -0.05) is 35.9 Å². The number of rotatable bonds is 9. The highest BCUT2D eigenvalue weighted by Gasteiger charge is 2.36. The maximum atomic E-state index is 13.5. The van der Waals surface area contributed by atoms with Crippen LogP contribution in [-0.2, 0) is 24.2 Å². The van der Waals surface area contributed by atoms with Crippen molar-refractivity contribution in [2.24, 2.45) is 0 Å². The summed E-state index contributed by atoms with van der Waals surface area (Å²) in [5.41, 5.74) is 2.39. The SMILES string of the molecule is COc1ccccc1CN(CCC(=O)O)C(=O)c1ccc2c(c1)C[C@@](C)(Cc1ccc(F)c(Cl)c1)O2. The van der Waals surface area contributed by atoms with Crippen LogP contribution in [0.15, 0.2) is 60.7 Å². The van der Waals surface area contributed by atoms with Crippen molar-refractivity contribution in [3.8, 4) is 11.5 Å². The maximum Gasteiger partial charge on any atom is 0.305 e. The predicted octanol–water partition coefficient (Wildman–Crippen LogP) is 5.54. The second kappa shape index (κ2) is 10.6. The Labute approximate surface area is 214 Å². The highest BCUT2D eigenvalue weighted by Crippen LogP contribution is 2.38. The second-order valence-electron chi connectivity index (χ2n) is 9.16. The van der Waals surface area contributed by atoms with Crippen molar-refractivity contribution in [1.29, 1.82) is 0 Å². The van der Waals surface area contributed by atoms with E-state index in [1.165, 1.54) is 11.0 Å². The fraction of sp³-hybridized carbons (Fsp3) is 0.286. The average Bonchev–Trinajstić information content (AvgIpc) is 3.18. The molecular formula is C28H27ClFNO5. The first kappa shape index (κ1) is 25.5. The monoisotopic (exact) mass is 511 g/mol. The van der Waals surface area contributed by atoms with Gasteiger partial charge in [-0.3, -0.25) is 9.59 Å². The standard InChI is InChI=1S/C28H27ClFNO5/c1-28(15-18-7-9-23(30)22(29)13-18)16-21-14-19(8-10-25(21)36-28)27(34)31(12-11-26(32)33)17-20-5-3-4-6-24(20)35-2/h3-10,13-14H,11-12,15-17H2,1-2H3,(H,32,33)/t28-/m1/s1. The first-order valence-corrected chi connectivity index (χ1v) is 11.9. The number of methoxy groups -OCH3 is 1. The Morgan fingerprint density at radius 2 is 1.94 bits per heavy atom. The molecule has 8 heteroatoms. The molecule has 1 atom stereocenters. The zero-order valence-electron chi connectivity index (χ0n) is 20.1. The fourth-order valence-corrected chi connectivity index (χ4v) is 4.74. The Hall–Kier alpha value is -3.58. The van der Waals surface area contributed by atoms with Gasteiger partial charge in [0.15, 0.2) is 0 Å². The summed E-state index contributed by atoms with van der Waals surface area (Å²) in [6.07, 6.45) is 0.900. The van der Waals surface area contributed by atoms with Crippen molar-refractivity contribution in [3.63, 3.8) is 0 Å². The smallest absolute Gasteiger partial charge is 0.305 e. The van der Waals surface area contributed by atoms with Crippen molar-refractivity contribution in [3.05, 3.63) is 93.8 Å². The van der Waals surface area contributed by atoms with Crippen LogP contribution >= 0.6 is 11.6 Å². The molecule has 0 unspecified atom stereocenters. The first-order chi connectivity index (χ1) is 17.2. The van der Waals surface area contributed by atoms with Crippen molar-refractivity contribution in [2.75, 3.05) is 13.7 Å². The lowest BCUT2D eigenvalue weighted by molar-refractivity contribution is -0.137. The fourth-order valence-electron chi connectivity index (χ4n) is 4.54. The zero-order chi connectivity index (χ0) is 25.9. The Morgan fingerprint density at radius 1 is 1.17 bits per heavy atom. The number of nitrogens with zero attached hydrogens (tertiary/aromatic N) is 1. The number of halogens is 2. The third-order valence-electron chi connectivity index (χ3n) is 6.23. The van der Waals surface area contributed by atoms with Gasteiger partial charge in [0, 0.05) is 37.1 Å². The van der Waals surface area contributed by atoms with Crippen LogP contribution in [0.25, 0.3) is 0 Å². The van der Waals surface area contributed by atoms with Gasteiger partial charge in [0.05, 0.1) is 18.6 Å². The summed E-state index contributed by atoms with van der Waals surface area (Å²) >= 11 is 5.94. The minimum atomic E-state index is -0.980. The summed E-state index contributed by atoms with van der Waals surface area (Å²) in [5, 5.41) is 9.28. The molecule has 1 heterocycles. The molecular weight excluding hydrogens is 485 g/mol. The summed E-state index contributed by atoms with van der Waals surface area (Å²) in [6, 6.07) is 17.2. The molecule has 36 heavy (non-hydrogen) atoms. The van der Waals surface area contributed by atoms with Gasteiger partial charge in [-0.25, -0.2) is 4.39 Å². The maximum absolute atomic E-state index is 13.5. The lowest BCUT2D eigenvalue weighted by Gasteiger charge is -2.24. The van der Waals surface area contributed by atoms with E-state index in [9.17, 15) is 19.1 Å². The molecule has 1 aliphatic heterocycles. The number of carbonyl (C=O) groups is 2. The number of amides is 1. The molecule has 0 radical (unpaired) electrons. The molecule has 1 aliphatic rings. The number of hydrogen-bond acceptors (Lipinski definition) is 4. The molecule has 0 aliphatic carbocycles. The van der Waals surface area contributed by atoms with Gasteiger partial charge in [0.25, 0.3) is 5.91 Å². The summed E-state index contributed by atoms with van der Waals surface area (Å²) < 4.78 is 25.2. The Kier molecular flexibility index (Phi) is 7.50. The van der Waals surface area contributed by atoms with Crippen LogP contribution in [0.2, 0.25) is 5.02 Å². The Bertz CT molecular complexity index is 1300. The number of para-hydroxylation sites is 1. The molecule has 0 bridgehead atoms. The topological polar surface area (TPSA) is 76.1 Å². The number of benzene rings is 3. The summed E-state index contributed by atoms with van der Waals surface area (Å²) in [5.74, 6) is -0.408. The molecule has 6 nitrogen and oxygen atoms in total. The minimum Gasteiger partial charge on any atom is -0.496 e. The van der Waals surface area contributed by atoms with Crippen LogP contribution in [0.1, 0.15) is 40.4 Å². The predicted molar refractivity (Wildman–Crippen MR) is 134 cm³/mol. The lowest BCUT2D eigenvalue weighted by Crippen LogP contribution is -2.33. The third kappa shape index (κ3) is 5.79. The molecule has 188 valence electrons. The third-order valence-corrected chi connectivity index (χ3v) is 6.52. The summed E-state index contributed by atoms with van der Waals surface area (Å²) in [7, 11) is 1.56. The average molecular weight is 512 g/mol. The van der Waals surface area contributed by atoms with E-state index in [1.54, 1.807) is 43.5 Å². The molecule has 0 fully saturated rings. The molecule has 0 saturated heterocycles. The van der Waals surface area contributed by atoms with Crippen LogP contribution < -0.4 is 9.47 Å². The van der Waals surface area contributed by atoms with E-state index in [4.69, 9.17) is 21.1 Å². The van der Waals surface area contributed by atoms with E-state index in [2.05, 4.69) is 0 Å². The quantitative estimate of drug-likeness (QED) is 0.408. The van der Waals surface area contributed by atoms with Gasteiger partial charge < -0.3 is 19.5 Å². The van der Waals surface area contributed by atoms with E-state index in [1.807, 2.05) is 25.1 Å². The van der Waals surface area contributed by atoms with E-state index in [0.29, 0.717) is 29.9 Å². The lowest BCUT2D eigenvalue weighted by atomic mass is 9.91. The van der Waals surface area contributed by atoms with Crippen LogP contribution in [0.5, 0.6) is 11.5 Å². The Morgan fingerprint density at radius 3 is 2.67 bits per heavy atom. The van der Waals surface area contributed by atoms with Crippen LogP contribution in [-0.4, -0.2) is 41.1 Å². The van der Waals surface area contributed by atoms with Crippen LogP contribution in [0.3, 0.4) is 0 Å². The van der Waals surface area contributed by atoms with Crippen molar-refractivity contribution >= 4 is 23.5 Å². The number of fused-ring (bicyclic) bond motifs is 1. The van der Waals surface area contributed by atoms with Crippen molar-refractivity contribution in [2.45, 2.75) is 38.3 Å². The Balaban J connectivity index is 1.54. The van der Waals surface area contributed by atoms with Crippen LogP contribution in [0, 0.1) is 5.82 Å². The van der Waals surface area contributed by atoms with Gasteiger partial charge in [-0.2, -0.15) is 0 Å². The molecule has 0 spiro atoms. The van der Waals surface area contributed by atoms with E-state index in [-0.39, 0.29) is 30.4 Å². The molecule has 1 amide bonds. The van der Waals surface area contributed by atoms with Gasteiger partial charge >= 0.3 is 5.97 Å². The normalized spacial score (nSPS) is 16.2. The second-order valence-corrected chi connectivity index (χ2v) is 9.57. The van der Waals surface area contributed by atoms with Gasteiger partial charge in [0.2, 0.25) is 0 Å². The summed E-state index contributed by atoms with van der Waals surface area (Å²) in [4.78, 5) is 26.2. The zero-order valence-corrected chi connectivity index (χ0v) is 20.8. The van der Waals surface area contributed by atoms with Crippen LogP contribution in [0.4, 0.5) is 4.39 Å². The summed E-state index contributed by atoms with van der Waals surface area (Å²) in [6.45, 7) is 2.24. The number of carboxylic acids is 1. The number of carbonyl (C=O) groups excluding carboxylic acids is 1. The van der Waals surface area contributed by atoms with E-state index < -0.39 is 17.4 Å². The number of ether oxygens (including phenoxy) is 2. The number of aliphatic carboxylic acids is 1. The number of carboxylic acid groups (broad SMARTS) is 1. The van der Waals surface area contributed by atoms with Crippen molar-refractivity contribution < 1.29 is 28.6 Å². The first-order valence-electron chi connectivity index (χ1n) is 11.6. The van der Waals surface area contributed by atoms with Gasteiger partial charge in [0.1, 0.15) is 22.9 Å². The number of hydrogen-bond donors (Lipinski definition) is 1. The van der Waals surface area contributed by atoms with E-state index in [0.717, 1.165) is 16.7 Å². The highest BCUT2D eigenvalue weighted by molar-refractivity contribution is 6.30. The van der Waals surface area contributed by atoms with E-state index >= 15 is 0 Å².